The molecule has 0 amide bonds. The maximum absolute atomic E-state index is 12.8. The molecule has 0 unspecified atom stereocenters. The highest BCUT2D eigenvalue weighted by Gasteiger charge is 2.22. The Kier molecular flexibility index (Phi) is 8.66. The van der Waals surface area contributed by atoms with Crippen LogP contribution in [0.25, 0.3) is 0 Å². The smallest absolute Gasteiger partial charge is 0.241 e. The summed E-state index contributed by atoms with van der Waals surface area (Å²) in [5, 5.41) is 11.0. The molecule has 4 N–H and O–H groups in total. The molecule has 0 spiro atoms. The molecule has 0 saturated heterocycles. The van der Waals surface area contributed by atoms with Crippen molar-refractivity contribution >= 4 is 27.1 Å². The highest BCUT2D eigenvalue weighted by Crippen LogP contribution is 2.37. The van der Waals surface area contributed by atoms with Gasteiger partial charge in [-0.15, -0.1) is 0 Å². The van der Waals surface area contributed by atoms with Crippen molar-refractivity contribution in [3.63, 3.8) is 0 Å². The van der Waals surface area contributed by atoms with Crippen molar-refractivity contribution in [2.45, 2.75) is 31.2 Å². The number of primary sulfonamides is 1. The number of sulfonamides is 1. The first kappa shape index (κ1) is 26.1. The van der Waals surface area contributed by atoms with E-state index in [1.165, 1.54) is 0 Å². The number of nitrogens with zero attached hydrogens (tertiary/aromatic N) is 1. The van der Waals surface area contributed by atoms with Crippen molar-refractivity contribution in [2.75, 3.05) is 22.3 Å². The van der Waals surface area contributed by atoms with Crippen molar-refractivity contribution in [2.24, 2.45) is 5.14 Å². The molecule has 0 aliphatic rings. The van der Waals surface area contributed by atoms with Gasteiger partial charge in [0, 0.05) is 6.54 Å². The third-order valence-electron chi connectivity index (χ3n) is 5.68. The number of unbranched alkanes of at least 4 members (excludes halogenated alkanes) is 1. The van der Waals surface area contributed by atoms with Gasteiger partial charge in [0.2, 0.25) is 10.0 Å². The molecule has 0 fully saturated rings. The Morgan fingerprint density at radius 3 is 2.11 bits per heavy atom. The summed E-state index contributed by atoms with van der Waals surface area (Å²) in [6.45, 7) is 3.14. The van der Waals surface area contributed by atoms with Gasteiger partial charge in [-0.2, -0.15) is 0 Å². The normalized spacial score (nSPS) is 11.1. The second-order valence-electron chi connectivity index (χ2n) is 8.61. The summed E-state index contributed by atoms with van der Waals surface area (Å²) in [6, 6.07) is 32.2. The predicted molar refractivity (Wildman–Crippen MR) is 150 cm³/mol. The van der Waals surface area contributed by atoms with E-state index < -0.39 is 10.0 Å². The Morgan fingerprint density at radius 2 is 1.49 bits per heavy atom. The number of para-hydroxylation sites is 3. The molecule has 0 aliphatic carbocycles. The second-order valence-corrected chi connectivity index (χ2v) is 10.1. The van der Waals surface area contributed by atoms with Gasteiger partial charge in [0.05, 0.1) is 23.6 Å². The van der Waals surface area contributed by atoms with E-state index in [1.54, 1.807) is 18.2 Å². The number of nitrogens with one attached hydrogen (secondary N) is 2. The second kappa shape index (κ2) is 12.3. The molecular formula is C29H32N4O3S. The van der Waals surface area contributed by atoms with Crippen LogP contribution in [0.15, 0.2) is 108 Å². The Morgan fingerprint density at radius 1 is 0.865 bits per heavy atom. The van der Waals surface area contributed by atoms with E-state index in [9.17, 15) is 8.42 Å². The first-order valence-corrected chi connectivity index (χ1v) is 13.8. The quantitative estimate of drug-likeness (QED) is 0.150. The molecule has 8 heteroatoms. The van der Waals surface area contributed by atoms with Gasteiger partial charge in [-0.3, -0.25) is 10.4 Å². The summed E-state index contributed by atoms with van der Waals surface area (Å²) in [5.41, 5.74) is 6.58. The summed E-state index contributed by atoms with van der Waals surface area (Å²) < 4.78 is 31.6. The summed E-state index contributed by atoms with van der Waals surface area (Å²) in [6.07, 6.45) is 1.91. The van der Waals surface area contributed by atoms with Gasteiger partial charge in [0.25, 0.3) is 0 Å². The molecule has 0 atom stereocenters. The zero-order valence-corrected chi connectivity index (χ0v) is 21.6. The first-order chi connectivity index (χ1) is 17.9. The van der Waals surface area contributed by atoms with Gasteiger partial charge >= 0.3 is 0 Å². The van der Waals surface area contributed by atoms with Gasteiger partial charge in [-0.1, -0.05) is 67.9 Å². The average Bonchev–Trinajstić information content (AvgIpc) is 2.90. The lowest BCUT2D eigenvalue weighted by atomic mass is 10.1. The van der Waals surface area contributed by atoms with Crippen LogP contribution in [-0.4, -0.2) is 15.0 Å². The maximum Gasteiger partial charge on any atom is 0.241 e. The van der Waals surface area contributed by atoms with Crippen molar-refractivity contribution in [3.8, 4) is 11.5 Å². The number of anilines is 3. The standard InChI is InChI=1S/C29H32N4O3S/c1-2-3-19-31-27-20-23(21-28(37(30,34)35)29(27)36-26-17-11-6-12-18-26)22-33(25-15-9-5-10-16-25)32-24-13-7-4-8-14-24/h4-18,20-21,31-32H,2-3,19,22H2,1H3,(H2,30,34,35). The molecular weight excluding hydrogens is 484 g/mol. The Bertz CT molecular complexity index is 1380. The summed E-state index contributed by atoms with van der Waals surface area (Å²) in [4.78, 5) is -0.0689. The highest BCUT2D eigenvalue weighted by molar-refractivity contribution is 7.89. The molecule has 0 saturated carbocycles. The van der Waals surface area contributed by atoms with Crippen LogP contribution < -0.4 is 25.6 Å². The van der Waals surface area contributed by atoms with Crippen LogP contribution in [0, 0.1) is 0 Å². The number of hydrogen-bond donors (Lipinski definition) is 3. The minimum absolute atomic E-state index is 0.0689. The minimum Gasteiger partial charge on any atom is -0.454 e. The van der Waals surface area contributed by atoms with Gasteiger partial charge < -0.3 is 10.1 Å². The Hall–Kier alpha value is -4.01. The molecule has 37 heavy (non-hydrogen) atoms. The zero-order valence-electron chi connectivity index (χ0n) is 20.8. The monoisotopic (exact) mass is 516 g/mol. The fourth-order valence-electron chi connectivity index (χ4n) is 3.86. The molecule has 4 aromatic carbocycles. The molecule has 0 bridgehead atoms. The summed E-state index contributed by atoms with van der Waals surface area (Å²) >= 11 is 0. The number of nitrogens with two attached hydrogens (primary N) is 1. The largest absolute Gasteiger partial charge is 0.454 e. The molecule has 0 aliphatic heterocycles. The zero-order chi connectivity index (χ0) is 26.1. The lowest BCUT2D eigenvalue weighted by Crippen LogP contribution is -2.29. The number of benzene rings is 4. The van der Waals surface area contributed by atoms with Crippen LogP contribution in [0.5, 0.6) is 11.5 Å². The maximum atomic E-state index is 12.8. The summed E-state index contributed by atoms with van der Waals surface area (Å²) in [5.74, 6) is 0.714. The van der Waals surface area contributed by atoms with E-state index >= 15 is 0 Å². The van der Waals surface area contributed by atoms with Gasteiger partial charge in [0.15, 0.2) is 5.75 Å². The van der Waals surface area contributed by atoms with Crippen molar-refractivity contribution in [3.05, 3.63) is 109 Å². The highest BCUT2D eigenvalue weighted by atomic mass is 32.2. The van der Waals surface area contributed by atoms with Crippen LogP contribution in [0.1, 0.15) is 25.3 Å². The van der Waals surface area contributed by atoms with Gasteiger partial charge in [-0.25, -0.2) is 13.6 Å². The van der Waals surface area contributed by atoms with Crippen LogP contribution in [0.3, 0.4) is 0 Å². The third kappa shape index (κ3) is 7.25. The first-order valence-electron chi connectivity index (χ1n) is 12.2. The van der Waals surface area contributed by atoms with Crippen molar-refractivity contribution in [1.82, 2.24) is 0 Å². The fraction of sp³-hybridized carbons (Fsp3) is 0.172. The summed E-state index contributed by atoms with van der Waals surface area (Å²) in [7, 11) is -4.09. The fourth-order valence-corrected chi connectivity index (χ4v) is 4.58. The van der Waals surface area contributed by atoms with Crippen LogP contribution in [0.4, 0.5) is 17.1 Å². The van der Waals surface area contributed by atoms with Crippen LogP contribution in [0.2, 0.25) is 0 Å². The van der Waals surface area contributed by atoms with E-state index in [-0.39, 0.29) is 10.6 Å². The number of hydrogen-bond acceptors (Lipinski definition) is 6. The molecule has 7 nitrogen and oxygen atoms in total. The lowest BCUT2D eigenvalue weighted by molar-refractivity contribution is 0.469. The van der Waals surface area contributed by atoms with Gasteiger partial charge in [-0.05, 0) is 60.5 Å². The average molecular weight is 517 g/mol. The number of rotatable bonds is 12. The van der Waals surface area contributed by atoms with Crippen molar-refractivity contribution in [1.29, 1.82) is 0 Å². The predicted octanol–water partition coefficient (Wildman–Crippen LogP) is 6.37. The third-order valence-corrected chi connectivity index (χ3v) is 6.59. The molecule has 192 valence electrons. The van der Waals surface area contributed by atoms with Gasteiger partial charge in [0.1, 0.15) is 10.6 Å². The molecule has 0 heterocycles. The van der Waals surface area contributed by atoms with E-state index in [4.69, 9.17) is 9.88 Å². The van der Waals surface area contributed by atoms with E-state index in [0.29, 0.717) is 24.5 Å². The van der Waals surface area contributed by atoms with E-state index in [0.717, 1.165) is 29.8 Å². The van der Waals surface area contributed by atoms with Crippen molar-refractivity contribution < 1.29 is 13.2 Å². The number of hydrazine groups is 1. The molecule has 4 aromatic rings. The molecule has 0 aromatic heterocycles. The lowest BCUT2D eigenvalue weighted by Gasteiger charge is -2.27. The Balaban J connectivity index is 1.76. The Labute approximate surface area is 218 Å². The van der Waals surface area contributed by atoms with E-state index in [1.807, 2.05) is 89.9 Å². The van der Waals surface area contributed by atoms with E-state index in [2.05, 4.69) is 17.7 Å². The van der Waals surface area contributed by atoms with Crippen LogP contribution in [-0.2, 0) is 16.6 Å². The molecule has 0 radical (unpaired) electrons. The van der Waals surface area contributed by atoms with Crippen LogP contribution >= 0.6 is 0 Å². The number of ether oxygens (including phenoxy) is 1. The molecule has 4 rings (SSSR count). The minimum atomic E-state index is -4.09. The topological polar surface area (TPSA) is 96.7 Å². The SMILES string of the molecule is CCCCNc1cc(CN(Nc2ccccc2)c2ccccc2)cc(S(N)(=O)=O)c1Oc1ccccc1.